The summed E-state index contributed by atoms with van der Waals surface area (Å²) in [5, 5.41) is 0. The smallest absolute Gasteiger partial charge is 0.254 e. The number of nitrogens with two attached hydrogens (primary N) is 1. The van der Waals surface area contributed by atoms with Gasteiger partial charge >= 0.3 is 0 Å². The average molecular weight is 266 g/mol. The summed E-state index contributed by atoms with van der Waals surface area (Å²) in [4.78, 5) is 14.4. The quantitative estimate of drug-likeness (QED) is 0.830. The third kappa shape index (κ3) is 3.26. The minimum atomic E-state index is -0.397. The topological polar surface area (TPSA) is 46.3 Å². The zero-order chi connectivity index (χ0) is 13.1. The predicted molar refractivity (Wildman–Crippen MR) is 71.9 cm³/mol. The van der Waals surface area contributed by atoms with Crippen LogP contribution in [0.2, 0.25) is 0 Å². The zero-order valence-corrected chi connectivity index (χ0v) is 10.8. The maximum absolute atomic E-state index is 13.1. The van der Waals surface area contributed by atoms with Crippen LogP contribution in [0.25, 0.3) is 0 Å². The molecule has 96 valence electrons. The van der Waals surface area contributed by atoms with E-state index in [1.165, 1.54) is 12.1 Å². The number of nitrogens with zero attached hydrogens (tertiary/aromatic N) is 1. The Kier molecular flexibility index (Phi) is 3.91. The van der Waals surface area contributed by atoms with Gasteiger partial charge in [0.1, 0.15) is 5.82 Å². The van der Waals surface area contributed by atoms with Gasteiger partial charge in [0.05, 0.1) is 4.99 Å². The summed E-state index contributed by atoms with van der Waals surface area (Å²) in [5.74, 6) is -0.542. The third-order valence-corrected chi connectivity index (χ3v) is 3.12. The first-order valence-electron chi connectivity index (χ1n) is 5.93. The van der Waals surface area contributed by atoms with Gasteiger partial charge in [-0.2, -0.15) is 0 Å². The van der Waals surface area contributed by atoms with E-state index in [-0.39, 0.29) is 11.9 Å². The average Bonchev–Trinajstić information content (AvgIpc) is 3.13. The van der Waals surface area contributed by atoms with E-state index in [1.54, 1.807) is 17.0 Å². The van der Waals surface area contributed by atoms with Crippen LogP contribution in [0.5, 0.6) is 0 Å². The first-order valence-corrected chi connectivity index (χ1v) is 6.33. The summed E-state index contributed by atoms with van der Waals surface area (Å²) < 4.78 is 13.1. The standard InChI is InChI=1S/C13H15FN2OS/c14-10-3-1-2-9(8-10)13(17)16(11-4-5-11)7-6-12(15)18/h1-3,8,11H,4-7H2,(H2,15,18). The number of benzene rings is 1. The molecule has 0 bridgehead atoms. The second-order valence-electron chi connectivity index (χ2n) is 4.46. The van der Waals surface area contributed by atoms with E-state index in [0.29, 0.717) is 23.5 Å². The SMILES string of the molecule is NC(=S)CCN(C(=O)c1cccc(F)c1)C1CC1. The molecule has 0 heterocycles. The van der Waals surface area contributed by atoms with Crippen molar-refractivity contribution in [2.24, 2.45) is 5.73 Å². The number of halogens is 1. The highest BCUT2D eigenvalue weighted by Crippen LogP contribution is 2.28. The summed E-state index contributed by atoms with van der Waals surface area (Å²) in [6, 6.07) is 6.02. The summed E-state index contributed by atoms with van der Waals surface area (Å²) in [5.41, 5.74) is 5.84. The molecular formula is C13H15FN2OS. The molecule has 1 aliphatic rings. The Morgan fingerprint density at radius 3 is 2.78 bits per heavy atom. The van der Waals surface area contributed by atoms with Gasteiger partial charge in [-0.15, -0.1) is 0 Å². The summed E-state index contributed by atoms with van der Waals surface area (Å²) in [6.07, 6.45) is 2.50. The van der Waals surface area contributed by atoms with Gasteiger partial charge in [0.15, 0.2) is 0 Å². The monoisotopic (exact) mass is 266 g/mol. The van der Waals surface area contributed by atoms with Crippen LogP contribution in [-0.2, 0) is 0 Å². The summed E-state index contributed by atoms with van der Waals surface area (Å²) >= 11 is 4.82. The lowest BCUT2D eigenvalue weighted by molar-refractivity contribution is 0.0747. The Bertz CT molecular complexity index is 474. The number of hydrogen-bond donors (Lipinski definition) is 1. The summed E-state index contributed by atoms with van der Waals surface area (Å²) in [7, 11) is 0. The van der Waals surface area contributed by atoms with Gasteiger partial charge in [-0.25, -0.2) is 4.39 Å². The molecular weight excluding hydrogens is 251 g/mol. The third-order valence-electron chi connectivity index (χ3n) is 2.92. The van der Waals surface area contributed by atoms with Gasteiger partial charge < -0.3 is 10.6 Å². The Balaban J connectivity index is 2.10. The van der Waals surface area contributed by atoms with Crippen molar-refractivity contribution in [2.75, 3.05) is 6.54 Å². The minimum Gasteiger partial charge on any atom is -0.393 e. The second kappa shape index (κ2) is 5.44. The van der Waals surface area contributed by atoms with Crippen LogP contribution in [0.4, 0.5) is 4.39 Å². The highest BCUT2D eigenvalue weighted by molar-refractivity contribution is 7.80. The molecule has 0 unspecified atom stereocenters. The van der Waals surface area contributed by atoms with Crippen molar-refractivity contribution in [2.45, 2.75) is 25.3 Å². The largest absolute Gasteiger partial charge is 0.393 e. The van der Waals surface area contributed by atoms with Crippen molar-refractivity contribution in [3.8, 4) is 0 Å². The molecule has 3 nitrogen and oxygen atoms in total. The Morgan fingerprint density at radius 1 is 1.50 bits per heavy atom. The van der Waals surface area contributed by atoms with Crippen molar-refractivity contribution in [3.63, 3.8) is 0 Å². The molecule has 1 aliphatic carbocycles. The van der Waals surface area contributed by atoms with E-state index in [1.807, 2.05) is 0 Å². The maximum atomic E-state index is 13.1. The van der Waals surface area contributed by atoms with Crippen molar-refractivity contribution >= 4 is 23.1 Å². The molecule has 1 fully saturated rings. The molecule has 0 atom stereocenters. The van der Waals surface area contributed by atoms with Crippen molar-refractivity contribution in [1.29, 1.82) is 0 Å². The van der Waals surface area contributed by atoms with E-state index >= 15 is 0 Å². The van der Waals surface area contributed by atoms with Crippen molar-refractivity contribution in [1.82, 2.24) is 4.90 Å². The van der Waals surface area contributed by atoms with E-state index in [4.69, 9.17) is 18.0 Å². The number of rotatable bonds is 5. The van der Waals surface area contributed by atoms with Gasteiger partial charge in [-0.05, 0) is 31.0 Å². The molecule has 1 aromatic rings. The molecule has 0 spiro atoms. The Morgan fingerprint density at radius 2 is 2.22 bits per heavy atom. The van der Waals surface area contributed by atoms with Crippen LogP contribution >= 0.6 is 12.2 Å². The van der Waals surface area contributed by atoms with Crippen LogP contribution in [-0.4, -0.2) is 28.4 Å². The van der Waals surface area contributed by atoms with Crippen LogP contribution in [0.3, 0.4) is 0 Å². The Labute approximate surface area is 111 Å². The van der Waals surface area contributed by atoms with Crippen LogP contribution in [0.1, 0.15) is 29.6 Å². The molecule has 18 heavy (non-hydrogen) atoms. The van der Waals surface area contributed by atoms with E-state index in [0.717, 1.165) is 12.8 Å². The number of carbonyl (C=O) groups is 1. The molecule has 2 N–H and O–H groups in total. The maximum Gasteiger partial charge on any atom is 0.254 e. The first kappa shape index (κ1) is 13.0. The van der Waals surface area contributed by atoms with E-state index in [2.05, 4.69) is 0 Å². The lowest BCUT2D eigenvalue weighted by Gasteiger charge is -2.22. The number of thiocarbonyl (C=S) groups is 1. The lowest BCUT2D eigenvalue weighted by atomic mass is 10.2. The summed E-state index contributed by atoms with van der Waals surface area (Å²) in [6.45, 7) is 0.509. The van der Waals surface area contributed by atoms with Crippen molar-refractivity contribution < 1.29 is 9.18 Å². The number of amides is 1. The molecule has 1 aromatic carbocycles. The molecule has 0 saturated heterocycles. The number of carbonyl (C=O) groups excluding carboxylic acids is 1. The first-order chi connectivity index (χ1) is 8.58. The number of hydrogen-bond acceptors (Lipinski definition) is 2. The highest BCUT2D eigenvalue weighted by Gasteiger charge is 2.32. The fraction of sp³-hybridized carbons (Fsp3) is 0.385. The molecule has 1 amide bonds. The predicted octanol–water partition coefficient (Wildman–Crippen LogP) is 2.11. The lowest BCUT2D eigenvalue weighted by Crippen LogP contribution is -2.35. The van der Waals surface area contributed by atoms with Gasteiger partial charge in [0.2, 0.25) is 0 Å². The molecule has 0 aliphatic heterocycles. The normalized spacial score (nSPS) is 14.3. The zero-order valence-electron chi connectivity index (χ0n) is 9.93. The van der Waals surface area contributed by atoms with Crippen LogP contribution < -0.4 is 5.73 Å². The minimum absolute atomic E-state index is 0.145. The highest BCUT2D eigenvalue weighted by atomic mass is 32.1. The fourth-order valence-corrected chi connectivity index (χ4v) is 1.95. The second-order valence-corrected chi connectivity index (χ2v) is 4.98. The molecule has 1 saturated carbocycles. The molecule has 5 heteroatoms. The van der Waals surface area contributed by atoms with Gasteiger partial charge in [0, 0.05) is 24.6 Å². The van der Waals surface area contributed by atoms with Crippen molar-refractivity contribution in [3.05, 3.63) is 35.6 Å². The molecule has 0 aromatic heterocycles. The van der Waals surface area contributed by atoms with E-state index < -0.39 is 5.82 Å². The van der Waals surface area contributed by atoms with Gasteiger partial charge in [-0.3, -0.25) is 4.79 Å². The fourth-order valence-electron chi connectivity index (χ4n) is 1.85. The molecule has 2 rings (SSSR count). The molecule has 0 radical (unpaired) electrons. The van der Waals surface area contributed by atoms with Crippen LogP contribution in [0.15, 0.2) is 24.3 Å². The van der Waals surface area contributed by atoms with Crippen LogP contribution in [0, 0.1) is 5.82 Å². The Hall–Kier alpha value is -1.49. The van der Waals surface area contributed by atoms with E-state index in [9.17, 15) is 9.18 Å². The van der Waals surface area contributed by atoms with Gasteiger partial charge in [0.25, 0.3) is 5.91 Å². The van der Waals surface area contributed by atoms with Gasteiger partial charge in [-0.1, -0.05) is 18.3 Å².